The fourth-order valence-corrected chi connectivity index (χ4v) is 1.39. The molecule has 0 spiro atoms. The third kappa shape index (κ3) is 4.17. The predicted octanol–water partition coefficient (Wildman–Crippen LogP) is 3.09. The van der Waals surface area contributed by atoms with E-state index in [2.05, 4.69) is 6.58 Å². The van der Waals surface area contributed by atoms with Crippen LogP contribution < -0.4 is 0 Å². The second-order valence-corrected chi connectivity index (χ2v) is 3.57. The summed E-state index contributed by atoms with van der Waals surface area (Å²) in [4.78, 5) is 10.7. The van der Waals surface area contributed by atoms with E-state index in [1.807, 2.05) is 30.3 Å². The van der Waals surface area contributed by atoms with Crippen LogP contribution in [-0.2, 0) is 9.53 Å². The van der Waals surface area contributed by atoms with Crippen molar-refractivity contribution < 1.29 is 9.53 Å². The van der Waals surface area contributed by atoms with Crippen LogP contribution in [0, 0.1) is 0 Å². The quantitative estimate of drug-likeness (QED) is 0.437. The van der Waals surface area contributed by atoms with Crippen LogP contribution >= 0.6 is 11.6 Å². The zero-order valence-electron chi connectivity index (χ0n) is 8.36. The molecule has 0 heterocycles. The Morgan fingerprint density at radius 1 is 1.47 bits per heavy atom. The molecule has 0 bridgehead atoms. The number of rotatable bonds is 5. The number of ether oxygens (including phenoxy) is 1. The minimum atomic E-state index is -0.410. The van der Waals surface area contributed by atoms with Crippen molar-refractivity contribution in [2.75, 3.05) is 6.61 Å². The van der Waals surface area contributed by atoms with Crippen LogP contribution in [0.15, 0.2) is 43.0 Å². The number of carbonyl (C=O) groups is 1. The molecule has 0 saturated carbocycles. The van der Waals surface area contributed by atoms with Crippen LogP contribution in [0.4, 0.5) is 0 Å². The molecule has 2 nitrogen and oxygen atoms in total. The van der Waals surface area contributed by atoms with Crippen molar-refractivity contribution in [1.82, 2.24) is 0 Å². The summed E-state index contributed by atoms with van der Waals surface area (Å²) < 4.78 is 4.84. The third-order valence-electron chi connectivity index (χ3n) is 1.94. The van der Waals surface area contributed by atoms with E-state index in [1.54, 1.807) is 0 Å². The first-order valence-corrected chi connectivity index (χ1v) is 5.16. The first-order valence-electron chi connectivity index (χ1n) is 4.72. The first kappa shape index (κ1) is 11.8. The van der Waals surface area contributed by atoms with Crippen molar-refractivity contribution >= 4 is 17.6 Å². The molecule has 0 aliphatic carbocycles. The minimum absolute atomic E-state index is 0.121. The van der Waals surface area contributed by atoms with E-state index in [0.29, 0.717) is 13.0 Å². The van der Waals surface area contributed by atoms with Gasteiger partial charge in [-0.2, -0.15) is 0 Å². The highest BCUT2D eigenvalue weighted by Crippen LogP contribution is 2.23. The Hall–Kier alpha value is -1.28. The lowest BCUT2D eigenvalue weighted by Crippen LogP contribution is -2.04. The van der Waals surface area contributed by atoms with Crippen LogP contribution in [-0.4, -0.2) is 12.6 Å². The molecule has 80 valence electrons. The lowest BCUT2D eigenvalue weighted by Gasteiger charge is -2.09. The molecule has 1 rings (SSSR count). The van der Waals surface area contributed by atoms with Crippen LogP contribution in [0.2, 0.25) is 0 Å². The molecule has 0 amide bonds. The maximum Gasteiger partial charge on any atom is 0.330 e. The maximum absolute atomic E-state index is 10.7. The first-order chi connectivity index (χ1) is 7.24. The van der Waals surface area contributed by atoms with Gasteiger partial charge in [-0.25, -0.2) is 4.79 Å². The Bertz CT molecular complexity index is 322. The van der Waals surface area contributed by atoms with E-state index in [0.717, 1.165) is 11.6 Å². The Labute approximate surface area is 94.5 Å². The lowest BCUT2D eigenvalue weighted by molar-refractivity contribution is -0.137. The van der Waals surface area contributed by atoms with Gasteiger partial charge < -0.3 is 4.74 Å². The second kappa shape index (κ2) is 6.25. The van der Waals surface area contributed by atoms with Crippen molar-refractivity contribution in [2.45, 2.75) is 11.8 Å². The largest absolute Gasteiger partial charge is 0.462 e. The summed E-state index contributed by atoms with van der Waals surface area (Å²) in [7, 11) is 0. The highest BCUT2D eigenvalue weighted by molar-refractivity contribution is 6.20. The number of alkyl halides is 1. The molecule has 0 aromatic heterocycles. The summed E-state index contributed by atoms with van der Waals surface area (Å²) in [6.45, 7) is 3.62. The Morgan fingerprint density at radius 3 is 2.73 bits per heavy atom. The molecule has 1 aromatic carbocycles. The summed E-state index contributed by atoms with van der Waals surface area (Å²) in [5.74, 6) is -0.410. The number of hydrogen-bond donors (Lipinski definition) is 0. The molecule has 0 saturated heterocycles. The number of benzene rings is 1. The van der Waals surface area contributed by atoms with Crippen LogP contribution in [0.5, 0.6) is 0 Å². The van der Waals surface area contributed by atoms with Gasteiger partial charge >= 0.3 is 5.97 Å². The van der Waals surface area contributed by atoms with Crippen molar-refractivity contribution in [2.24, 2.45) is 0 Å². The van der Waals surface area contributed by atoms with E-state index >= 15 is 0 Å². The third-order valence-corrected chi connectivity index (χ3v) is 2.41. The van der Waals surface area contributed by atoms with Gasteiger partial charge in [0.1, 0.15) is 0 Å². The molecule has 15 heavy (non-hydrogen) atoms. The fourth-order valence-electron chi connectivity index (χ4n) is 1.15. The lowest BCUT2D eigenvalue weighted by atomic mass is 10.1. The van der Waals surface area contributed by atoms with Gasteiger partial charge in [-0.3, -0.25) is 0 Å². The highest BCUT2D eigenvalue weighted by atomic mass is 35.5. The normalized spacial score (nSPS) is 11.8. The van der Waals surface area contributed by atoms with Gasteiger partial charge in [-0.1, -0.05) is 36.9 Å². The average Bonchev–Trinajstić information content (AvgIpc) is 2.29. The summed E-state index contributed by atoms with van der Waals surface area (Å²) in [5, 5.41) is -0.121. The van der Waals surface area contributed by atoms with Gasteiger partial charge in [-0.15, -0.1) is 11.6 Å². The summed E-state index contributed by atoms with van der Waals surface area (Å²) in [6, 6.07) is 9.70. The second-order valence-electron chi connectivity index (χ2n) is 3.04. The Kier molecular flexibility index (Phi) is 4.91. The monoisotopic (exact) mass is 224 g/mol. The molecular weight excluding hydrogens is 212 g/mol. The Morgan fingerprint density at radius 2 is 2.13 bits per heavy atom. The molecule has 0 radical (unpaired) electrons. The molecule has 0 N–H and O–H groups in total. The Balaban J connectivity index is 2.34. The summed E-state index contributed by atoms with van der Waals surface area (Å²) >= 11 is 6.12. The molecular formula is C12H13ClO2. The zero-order chi connectivity index (χ0) is 11.1. The van der Waals surface area contributed by atoms with Crippen molar-refractivity contribution in [1.29, 1.82) is 0 Å². The van der Waals surface area contributed by atoms with E-state index in [1.165, 1.54) is 0 Å². The van der Waals surface area contributed by atoms with Gasteiger partial charge in [0.15, 0.2) is 0 Å². The summed E-state index contributed by atoms with van der Waals surface area (Å²) in [5.41, 5.74) is 1.04. The van der Waals surface area contributed by atoms with Gasteiger partial charge in [-0.05, 0) is 5.56 Å². The fraction of sp³-hybridized carbons (Fsp3) is 0.250. The van der Waals surface area contributed by atoms with E-state index in [9.17, 15) is 4.79 Å². The number of carbonyl (C=O) groups excluding carboxylic acids is 1. The van der Waals surface area contributed by atoms with Crippen LogP contribution in [0.3, 0.4) is 0 Å². The topological polar surface area (TPSA) is 26.3 Å². The molecule has 1 atom stereocenters. The standard InChI is InChI=1S/C12H13ClO2/c1-2-12(14)15-9-8-11(13)10-6-4-3-5-7-10/h2-7,11H,1,8-9H2. The van der Waals surface area contributed by atoms with E-state index < -0.39 is 5.97 Å². The van der Waals surface area contributed by atoms with Crippen LogP contribution in [0.25, 0.3) is 0 Å². The predicted molar refractivity (Wildman–Crippen MR) is 60.8 cm³/mol. The van der Waals surface area contributed by atoms with Gasteiger partial charge in [0, 0.05) is 12.5 Å². The van der Waals surface area contributed by atoms with E-state index in [4.69, 9.17) is 16.3 Å². The minimum Gasteiger partial charge on any atom is -0.462 e. The number of hydrogen-bond acceptors (Lipinski definition) is 2. The molecule has 0 fully saturated rings. The molecule has 0 aliphatic rings. The molecule has 1 aromatic rings. The molecule has 3 heteroatoms. The average molecular weight is 225 g/mol. The number of halogens is 1. The maximum atomic E-state index is 10.7. The van der Waals surface area contributed by atoms with Gasteiger partial charge in [0.25, 0.3) is 0 Å². The SMILES string of the molecule is C=CC(=O)OCCC(Cl)c1ccccc1. The highest BCUT2D eigenvalue weighted by Gasteiger charge is 2.07. The van der Waals surface area contributed by atoms with Crippen molar-refractivity contribution in [3.8, 4) is 0 Å². The molecule has 0 aliphatic heterocycles. The van der Waals surface area contributed by atoms with Gasteiger partial charge in [0.2, 0.25) is 0 Å². The number of esters is 1. The van der Waals surface area contributed by atoms with E-state index in [-0.39, 0.29) is 5.38 Å². The van der Waals surface area contributed by atoms with Gasteiger partial charge in [0.05, 0.1) is 12.0 Å². The van der Waals surface area contributed by atoms with Crippen molar-refractivity contribution in [3.05, 3.63) is 48.6 Å². The van der Waals surface area contributed by atoms with Crippen molar-refractivity contribution in [3.63, 3.8) is 0 Å². The summed E-state index contributed by atoms with van der Waals surface area (Å²) in [6.07, 6.45) is 1.75. The smallest absolute Gasteiger partial charge is 0.330 e. The zero-order valence-corrected chi connectivity index (χ0v) is 9.11. The van der Waals surface area contributed by atoms with Crippen LogP contribution in [0.1, 0.15) is 17.4 Å². The molecule has 1 unspecified atom stereocenters.